The van der Waals surface area contributed by atoms with Crippen LogP contribution in [0.3, 0.4) is 0 Å². The average Bonchev–Trinajstić information content (AvgIpc) is 2.94. The molecule has 2 heterocycles. The van der Waals surface area contributed by atoms with Crippen molar-refractivity contribution in [3.05, 3.63) is 12.2 Å². The largest absolute Gasteiger partial charge is 0.387 e. The molecule has 5 N–H and O–H groups in total. The molecule has 0 spiro atoms. The van der Waals surface area contributed by atoms with Gasteiger partial charge in [-0.1, -0.05) is 11.4 Å². The fourth-order valence-electron chi connectivity index (χ4n) is 1.81. The van der Waals surface area contributed by atoms with E-state index in [9.17, 15) is 24.5 Å². The summed E-state index contributed by atoms with van der Waals surface area (Å²) < 4.78 is 17.7. The lowest BCUT2D eigenvalue weighted by atomic mass is 10.1. The number of amides is 1. The molecule has 0 aliphatic carbocycles. The van der Waals surface area contributed by atoms with Crippen molar-refractivity contribution in [3.63, 3.8) is 0 Å². The Morgan fingerprint density at radius 1 is 1.57 bits per heavy atom. The normalized spacial score (nSPS) is 32.0. The summed E-state index contributed by atoms with van der Waals surface area (Å²) in [5.41, 5.74) is 5.02. The third-order valence-electron chi connectivity index (χ3n) is 2.81. The average molecular weight is 338 g/mol. The number of hydrogen-bond acceptors (Lipinski definition) is 8. The van der Waals surface area contributed by atoms with Crippen LogP contribution in [0.15, 0.2) is 6.33 Å². The van der Waals surface area contributed by atoms with Gasteiger partial charge in [-0.2, -0.15) is 0 Å². The number of nitrogens with two attached hydrogens (primary N) is 1. The summed E-state index contributed by atoms with van der Waals surface area (Å²) in [5.74, 6) is -1.05. The number of aliphatic hydroxyl groups excluding tert-OH is 2. The smallest absolute Gasteiger partial charge is 0.288 e. The van der Waals surface area contributed by atoms with Crippen molar-refractivity contribution in [1.82, 2.24) is 14.8 Å². The first-order valence-corrected chi connectivity index (χ1v) is 9.56. The number of aliphatic hydroxyl groups is 2. The SMILES string of the molecule is CP(=O)(O)SC[C@H]1O[C@@H](n2cnc(C(N)=O)n2)C(O)[C@H]1O. The number of primary amides is 1. The van der Waals surface area contributed by atoms with E-state index < -0.39 is 37.0 Å². The first-order chi connectivity index (χ1) is 9.69. The molecule has 1 saturated heterocycles. The highest BCUT2D eigenvalue weighted by atomic mass is 32.7. The lowest BCUT2D eigenvalue weighted by Crippen LogP contribution is -2.32. The molecular formula is C9H15N4O6PS. The lowest BCUT2D eigenvalue weighted by molar-refractivity contribution is -0.0389. The molecule has 1 aliphatic heterocycles. The van der Waals surface area contributed by atoms with Crippen molar-refractivity contribution in [2.24, 2.45) is 5.73 Å². The van der Waals surface area contributed by atoms with Crippen LogP contribution in [0.4, 0.5) is 0 Å². The molecule has 0 radical (unpaired) electrons. The number of carbonyl (C=O) groups is 1. The molecule has 1 aromatic heterocycles. The molecule has 0 aromatic carbocycles. The van der Waals surface area contributed by atoms with E-state index in [1.165, 1.54) is 6.66 Å². The zero-order chi connectivity index (χ0) is 15.8. The van der Waals surface area contributed by atoms with Gasteiger partial charge in [0.25, 0.3) is 12.5 Å². The Balaban J connectivity index is 2.08. The second-order valence-corrected chi connectivity index (χ2v) is 9.56. The highest BCUT2D eigenvalue weighted by Crippen LogP contribution is 2.51. The van der Waals surface area contributed by atoms with Gasteiger partial charge >= 0.3 is 0 Å². The molecule has 12 heteroatoms. The summed E-state index contributed by atoms with van der Waals surface area (Å²) in [5, 5.41) is 23.6. The van der Waals surface area contributed by atoms with Crippen LogP contribution in [-0.2, 0) is 9.30 Å². The molecule has 0 bridgehead atoms. The lowest BCUT2D eigenvalue weighted by Gasteiger charge is -2.14. The Morgan fingerprint density at radius 2 is 2.24 bits per heavy atom. The zero-order valence-electron chi connectivity index (χ0n) is 10.9. The van der Waals surface area contributed by atoms with Gasteiger partial charge in [0.15, 0.2) is 6.23 Å². The summed E-state index contributed by atoms with van der Waals surface area (Å²) in [6, 6.07) is 0. The van der Waals surface area contributed by atoms with Gasteiger partial charge in [-0.25, -0.2) is 9.67 Å². The van der Waals surface area contributed by atoms with E-state index >= 15 is 0 Å². The molecule has 118 valence electrons. The summed E-state index contributed by atoms with van der Waals surface area (Å²) in [4.78, 5) is 23.8. The van der Waals surface area contributed by atoms with Crippen molar-refractivity contribution in [2.45, 2.75) is 24.5 Å². The first kappa shape index (κ1) is 16.4. The number of hydrogen-bond donors (Lipinski definition) is 4. The number of carbonyl (C=O) groups excluding carboxylic acids is 1. The molecule has 1 amide bonds. The van der Waals surface area contributed by atoms with Gasteiger partial charge in [-0.15, -0.1) is 5.10 Å². The Bertz CT molecular complexity index is 576. The predicted octanol–water partition coefficient (Wildman–Crippen LogP) is -1.46. The third-order valence-corrected chi connectivity index (χ3v) is 5.65. The molecular weight excluding hydrogens is 323 g/mol. The summed E-state index contributed by atoms with van der Waals surface area (Å²) in [7, 11) is 0. The second-order valence-electron chi connectivity index (χ2n) is 4.56. The Morgan fingerprint density at radius 3 is 2.76 bits per heavy atom. The van der Waals surface area contributed by atoms with Crippen LogP contribution in [0.5, 0.6) is 0 Å². The number of nitrogens with zero attached hydrogens (tertiary/aromatic N) is 3. The zero-order valence-corrected chi connectivity index (χ0v) is 12.6. The molecule has 2 unspecified atom stereocenters. The van der Waals surface area contributed by atoms with Crippen LogP contribution >= 0.6 is 18.0 Å². The van der Waals surface area contributed by atoms with Crippen molar-refractivity contribution >= 4 is 23.9 Å². The maximum atomic E-state index is 11.2. The minimum Gasteiger partial charge on any atom is -0.387 e. The second kappa shape index (κ2) is 6.03. The highest BCUT2D eigenvalue weighted by molar-refractivity contribution is 8.56. The van der Waals surface area contributed by atoms with E-state index in [0.717, 1.165) is 22.4 Å². The minimum atomic E-state index is -3.32. The van der Waals surface area contributed by atoms with Gasteiger partial charge in [0.05, 0.1) is 6.10 Å². The van der Waals surface area contributed by atoms with Crippen LogP contribution in [0.2, 0.25) is 0 Å². The van der Waals surface area contributed by atoms with E-state index in [0.29, 0.717) is 0 Å². The third kappa shape index (κ3) is 3.82. The quantitative estimate of drug-likeness (QED) is 0.470. The monoisotopic (exact) mass is 338 g/mol. The number of aromatic nitrogens is 3. The Hall–Kier alpha value is -0.970. The van der Waals surface area contributed by atoms with E-state index in [2.05, 4.69) is 10.1 Å². The molecule has 10 nitrogen and oxygen atoms in total. The molecule has 5 atom stereocenters. The highest BCUT2D eigenvalue weighted by Gasteiger charge is 2.44. The van der Waals surface area contributed by atoms with Gasteiger partial charge in [0.2, 0.25) is 5.82 Å². The van der Waals surface area contributed by atoms with Gasteiger partial charge in [0.1, 0.15) is 18.5 Å². The van der Waals surface area contributed by atoms with Crippen LogP contribution in [0.1, 0.15) is 16.8 Å². The molecule has 2 rings (SSSR count). The van der Waals surface area contributed by atoms with Crippen molar-refractivity contribution < 1.29 is 29.2 Å². The summed E-state index contributed by atoms with van der Waals surface area (Å²) >= 11 is 0.740. The maximum absolute atomic E-state index is 11.2. The van der Waals surface area contributed by atoms with Gasteiger partial charge in [-0.05, 0) is 0 Å². The summed E-state index contributed by atoms with van der Waals surface area (Å²) in [6.07, 6.45) is -3.33. The van der Waals surface area contributed by atoms with Crippen LogP contribution in [0, 0.1) is 0 Å². The molecule has 1 aromatic rings. The van der Waals surface area contributed by atoms with E-state index in [-0.39, 0.29) is 11.6 Å². The van der Waals surface area contributed by atoms with Crippen molar-refractivity contribution in [3.8, 4) is 0 Å². The van der Waals surface area contributed by atoms with Gasteiger partial charge in [0, 0.05) is 12.4 Å². The summed E-state index contributed by atoms with van der Waals surface area (Å²) in [6.45, 7) is -2.15. The van der Waals surface area contributed by atoms with E-state index in [1.807, 2.05) is 0 Å². The molecule has 21 heavy (non-hydrogen) atoms. The van der Waals surface area contributed by atoms with Crippen LogP contribution < -0.4 is 5.73 Å². The fourth-order valence-corrected chi connectivity index (χ4v) is 3.78. The molecule has 1 fully saturated rings. The fraction of sp³-hybridized carbons (Fsp3) is 0.667. The maximum Gasteiger partial charge on any atom is 0.288 e. The van der Waals surface area contributed by atoms with Crippen LogP contribution in [0.25, 0.3) is 0 Å². The Kier molecular flexibility index (Phi) is 4.71. The number of rotatable bonds is 5. The number of ether oxygens (including phenoxy) is 1. The minimum absolute atomic E-state index is 0.0242. The van der Waals surface area contributed by atoms with E-state index in [1.54, 1.807) is 0 Å². The molecule has 1 aliphatic rings. The van der Waals surface area contributed by atoms with Crippen molar-refractivity contribution in [1.29, 1.82) is 0 Å². The topological polar surface area (TPSA) is 161 Å². The van der Waals surface area contributed by atoms with Crippen LogP contribution in [-0.4, -0.2) is 66.5 Å². The first-order valence-electron chi connectivity index (χ1n) is 5.86. The van der Waals surface area contributed by atoms with E-state index in [4.69, 9.17) is 10.5 Å². The molecule has 0 saturated carbocycles. The Labute approximate surface area is 123 Å². The predicted molar refractivity (Wildman–Crippen MR) is 72.7 cm³/mol. The van der Waals surface area contributed by atoms with Crippen molar-refractivity contribution in [2.75, 3.05) is 12.4 Å². The van der Waals surface area contributed by atoms with Gasteiger partial charge in [-0.3, -0.25) is 9.36 Å². The standard InChI is InChI=1S/C9H15N4O6PS/c1-20(17,18)21-2-4-5(14)6(15)9(19-4)13-3-11-8(12-13)7(10)16/h3-6,9,14-15H,2H2,1H3,(H2,10,16)(H,17,18)/t4-,5+,6?,9-/m1/s1. The van der Waals surface area contributed by atoms with Gasteiger partial charge < -0.3 is 25.6 Å².